The van der Waals surface area contributed by atoms with Crippen LogP contribution in [-0.2, 0) is 0 Å². The molecule has 0 nitrogen and oxygen atoms in total. The number of hydrogen-bond donors (Lipinski definition) is 0. The predicted octanol–water partition coefficient (Wildman–Crippen LogP) is 1.54. The molecule has 0 radical (unpaired) electrons. The fourth-order valence-electron chi connectivity index (χ4n) is 1.02. The number of allylic oxidation sites excluding steroid dienone is 1. The molecule has 0 heteroatoms. The van der Waals surface area contributed by atoms with Gasteiger partial charge in [0, 0.05) is 0 Å². The molecule has 0 fully saturated rings. The highest BCUT2D eigenvalue weighted by molar-refractivity contribution is 5.61. The van der Waals surface area contributed by atoms with Crippen LogP contribution in [0.3, 0.4) is 0 Å². The SMILES string of the molecule is C=C(C)c1cc(=C)ccc1=C. The first kappa shape index (κ1) is 7.80. The molecule has 0 unspecified atom stereocenters. The van der Waals surface area contributed by atoms with Crippen LogP contribution in [0.2, 0.25) is 0 Å². The van der Waals surface area contributed by atoms with Crippen LogP contribution in [-0.4, -0.2) is 0 Å². The molecule has 1 aromatic carbocycles. The quantitative estimate of drug-likeness (QED) is 0.561. The molecular formula is C11H12. The van der Waals surface area contributed by atoms with E-state index in [4.69, 9.17) is 0 Å². The Balaban J connectivity index is 3.47. The van der Waals surface area contributed by atoms with Gasteiger partial charge in [0.05, 0.1) is 0 Å². The van der Waals surface area contributed by atoms with E-state index in [1.807, 2.05) is 25.1 Å². The Hall–Kier alpha value is -1.30. The number of rotatable bonds is 1. The van der Waals surface area contributed by atoms with Crippen LogP contribution >= 0.6 is 0 Å². The molecule has 0 bridgehead atoms. The Morgan fingerprint density at radius 3 is 2.36 bits per heavy atom. The topological polar surface area (TPSA) is 0 Å². The molecule has 0 atom stereocenters. The number of benzene rings is 1. The van der Waals surface area contributed by atoms with E-state index in [0.717, 1.165) is 21.6 Å². The molecule has 1 rings (SSSR count). The van der Waals surface area contributed by atoms with Gasteiger partial charge in [-0.2, -0.15) is 0 Å². The zero-order valence-electron chi connectivity index (χ0n) is 6.85. The van der Waals surface area contributed by atoms with Gasteiger partial charge in [0.1, 0.15) is 0 Å². The second-order valence-corrected chi connectivity index (χ2v) is 2.77. The van der Waals surface area contributed by atoms with E-state index >= 15 is 0 Å². The van der Waals surface area contributed by atoms with Crippen LogP contribution in [0, 0.1) is 0 Å². The maximum Gasteiger partial charge on any atom is -0.0161 e. The Labute approximate surface area is 67.2 Å². The van der Waals surface area contributed by atoms with Gasteiger partial charge in [0.25, 0.3) is 0 Å². The molecule has 0 heterocycles. The van der Waals surface area contributed by atoms with Crippen molar-refractivity contribution < 1.29 is 0 Å². The fourth-order valence-corrected chi connectivity index (χ4v) is 1.02. The fraction of sp³-hybridized carbons (Fsp3) is 0.0909. The maximum absolute atomic E-state index is 3.89. The summed E-state index contributed by atoms with van der Waals surface area (Å²) in [4.78, 5) is 0. The summed E-state index contributed by atoms with van der Waals surface area (Å²) in [5, 5.41) is 2.03. The van der Waals surface area contributed by atoms with Crippen LogP contribution in [0.1, 0.15) is 12.5 Å². The molecule has 0 saturated heterocycles. The summed E-state index contributed by atoms with van der Waals surface area (Å²) in [5.41, 5.74) is 2.15. The summed E-state index contributed by atoms with van der Waals surface area (Å²) in [7, 11) is 0. The van der Waals surface area contributed by atoms with Gasteiger partial charge >= 0.3 is 0 Å². The first-order valence-electron chi connectivity index (χ1n) is 3.55. The van der Waals surface area contributed by atoms with Crippen molar-refractivity contribution in [2.75, 3.05) is 0 Å². The third kappa shape index (κ3) is 1.58. The van der Waals surface area contributed by atoms with Crippen LogP contribution in [0.15, 0.2) is 24.8 Å². The minimum absolute atomic E-state index is 1.01. The van der Waals surface area contributed by atoms with Crippen LogP contribution < -0.4 is 10.4 Å². The first-order valence-corrected chi connectivity index (χ1v) is 3.55. The van der Waals surface area contributed by atoms with Crippen molar-refractivity contribution in [3.8, 4) is 0 Å². The van der Waals surface area contributed by atoms with Crippen molar-refractivity contribution in [1.82, 2.24) is 0 Å². The summed E-state index contributed by atoms with van der Waals surface area (Å²) in [6.45, 7) is 13.6. The highest BCUT2D eigenvalue weighted by Gasteiger charge is 1.91. The summed E-state index contributed by atoms with van der Waals surface area (Å²) in [5.74, 6) is 0. The van der Waals surface area contributed by atoms with E-state index in [1.54, 1.807) is 0 Å². The molecule has 0 N–H and O–H groups in total. The molecule has 56 valence electrons. The minimum Gasteiger partial charge on any atom is -0.0955 e. The van der Waals surface area contributed by atoms with E-state index in [0.29, 0.717) is 0 Å². The van der Waals surface area contributed by atoms with Gasteiger partial charge in [-0.05, 0) is 29.0 Å². The maximum atomic E-state index is 3.89. The molecule has 0 amide bonds. The highest BCUT2D eigenvalue weighted by atomic mass is 14.0. The van der Waals surface area contributed by atoms with Gasteiger partial charge < -0.3 is 0 Å². The summed E-state index contributed by atoms with van der Waals surface area (Å²) in [6, 6.07) is 5.92. The third-order valence-corrected chi connectivity index (χ3v) is 1.63. The van der Waals surface area contributed by atoms with Gasteiger partial charge in [-0.3, -0.25) is 0 Å². The number of hydrogen-bond acceptors (Lipinski definition) is 0. The molecule has 0 aliphatic carbocycles. The van der Waals surface area contributed by atoms with Crippen molar-refractivity contribution in [2.45, 2.75) is 6.92 Å². The van der Waals surface area contributed by atoms with E-state index in [1.165, 1.54) is 0 Å². The van der Waals surface area contributed by atoms with Gasteiger partial charge in [0.15, 0.2) is 0 Å². The van der Waals surface area contributed by atoms with E-state index in [2.05, 4.69) is 19.7 Å². The van der Waals surface area contributed by atoms with Gasteiger partial charge in [-0.15, -0.1) is 0 Å². The zero-order chi connectivity index (χ0) is 8.43. The molecule has 0 aromatic heterocycles. The van der Waals surface area contributed by atoms with Gasteiger partial charge in [-0.25, -0.2) is 0 Å². The van der Waals surface area contributed by atoms with Crippen molar-refractivity contribution in [2.24, 2.45) is 0 Å². The van der Waals surface area contributed by atoms with Gasteiger partial charge in [0.2, 0.25) is 0 Å². The second-order valence-electron chi connectivity index (χ2n) is 2.77. The first-order chi connectivity index (χ1) is 5.11. The van der Waals surface area contributed by atoms with Crippen molar-refractivity contribution in [3.63, 3.8) is 0 Å². The average molecular weight is 144 g/mol. The van der Waals surface area contributed by atoms with Crippen LogP contribution in [0.5, 0.6) is 0 Å². The lowest BCUT2D eigenvalue weighted by molar-refractivity contribution is 1.48. The van der Waals surface area contributed by atoms with Crippen LogP contribution in [0.4, 0.5) is 0 Å². The highest BCUT2D eigenvalue weighted by Crippen LogP contribution is 2.01. The summed E-state index contributed by atoms with van der Waals surface area (Å²) >= 11 is 0. The molecule has 0 aliphatic rings. The van der Waals surface area contributed by atoms with Gasteiger partial charge in [-0.1, -0.05) is 37.4 Å². The molecule has 1 aromatic rings. The normalized spacial score (nSPS) is 9.55. The van der Waals surface area contributed by atoms with Crippen LogP contribution in [0.25, 0.3) is 18.7 Å². The van der Waals surface area contributed by atoms with Crippen molar-refractivity contribution in [3.05, 3.63) is 40.8 Å². The average Bonchev–Trinajstić information content (AvgIpc) is 1.94. The second kappa shape index (κ2) is 2.75. The predicted molar refractivity (Wildman–Crippen MR) is 51.4 cm³/mol. The minimum atomic E-state index is 1.01. The Kier molecular flexibility index (Phi) is 1.95. The molecule has 0 aliphatic heterocycles. The molecule has 0 spiro atoms. The summed E-state index contributed by atoms with van der Waals surface area (Å²) < 4.78 is 0. The summed E-state index contributed by atoms with van der Waals surface area (Å²) in [6.07, 6.45) is 0. The molecule has 11 heavy (non-hydrogen) atoms. The zero-order valence-corrected chi connectivity index (χ0v) is 6.85. The van der Waals surface area contributed by atoms with E-state index in [-0.39, 0.29) is 0 Å². The monoisotopic (exact) mass is 144 g/mol. The Bertz CT molecular complexity index is 372. The third-order valence-electron chi connectivity index (χ3n) is 1.63. The smallest absolute Gasteiger partial charge is 0.0161 e. The lowest BCUT2D eigenvalue weighted by Gasteiger charge is -1.98. The lowest BCUT2D eigenvalue weighted by Crippen LogP contribution is -2.10. The molecular weight excluding hydrogens is 132 g/mol. The Morgan fingerprint density at radius 2 is 1.91 bits per heavy atom. The molecule has 0 saturated carbocycles. The van der Waals surface area contributed by atoms with Crippen molar-refractivity contribution >= 4 is 18.7 Å². The standard InChI is InChI=1S/C11H12/c1-8(2)11-7-9(3)5-6-10(11)4/h5-7H,1,3-4H2,2H3. The Morgan fingerprint density at radius 1 is 1.27 bits per heavy atom. The van der Waals surface area contributed by atoms with E-state index < -0.39 is 0 Å². The largest absolute Gasteiger partial charge is 0.0955 e. The lowest BCUT2D eigenvalue weighted by atomic mass is 10.1. The van der Waals surface area contributed by atoms with E-state index in [9.17, 15) is 0 Å². The van der Waals surface area contributed by atoms with Crippen molar-refractivity contribution in [1.29, 1.82) is 0 Å².